The van der Waals surface area contributed by atoms with Crippen LogP contribution in [0.3, 0.4) is 0 Å². The van der Waals surface area contributed by atoms with Gasteiger partial charge in [0.15, 0.2) is 0 Å². The Hall–Kier alpha value is -3.67. The Morgan fingerprint density at radius 2 is 1.83 bits per heavy atom. The van der Waals surface area contributed by atoms with Gasteiger partial charge in [0, 0.05) is 37.3 Å². The summed E-state index contributed by atoms with van der Waals surface area (Å²) in [6.07, 6.45) is 4.38. The maximum absolute atomic E-state index is 13.3. The highest BCUT2D eigenvalue weighted by molar-refractivity contribution is 5.97. The quantitative estimate of drug-likeness (QED) is 0.730. The number of ether oxygens (including phenoxy) is 1. The fraction of sp³-hybridized carbons (Fsp3) is 0.208. The lowest BCUT2D eigenvalue weighted by Gasteiger charge is -2.34. The largest absolute Gasteiger partial charge is 0.493 e. The molecule has 0 radical (unpaired) electrons. The lowest BCUT2D eigenvalue weighted by molar-refractivity contribution is -0.142. The van der Waals surface area contributed by atoms with Crippen LogP contribution in [0.2, 0.25) is 0 Å². The van der Waals surface area contributed by atoms with E-state index in [2.05, 4.69) is 11.1 Å². The van der Waals surface area contributed by atoms with E-state index in [4.69, 9.17) is 4.74 Å². The van der Waals surface area contributed by atoms with Crippen molar-refractivity contribution in [1.82, 2.24) is 9.88 Å². The van der Waals surface area contributed by atoms with E-state index in [1.54, 1.807) is 12.3 Å². The van der Waals surface area contributed by atoms with Crippen LogP contribution in [0.25, 0.3) is 11.1 Å². The second-order valence-corrected chi connectivity index (χ2v) is 7.64. The first-order valence-corrected chi connectivity index (χ1v) is 9.92. The maximum atomic E-state index is 13.3. The SMILES string of the molecule is O=C(O)C1Cc2ccccc2CN1C(=O)c1cncc(-c2ccc3c(c2)CCO3)c1. The number of carboxylic acids is 1. The number of carboxylic acid groups (broad SMARTS) is 1. The van der Waals surface area contributed by atoms with Gasteiger partial charge in [-0.15, -0.1) is 0 Å². The van der Waals surface area contributed by atoms with E-state index in [0.29, 0.717) is 18.6 Å². The van der Waals surface area contributed by atoms with Gasteiger partial charge in [-0.05, 0) is 40.5 Å². The summed E-state index contributed by atoms with van der Waals surface area (Å²) in [4.78, 5) is 30.9. The number of benzene rings is 2. The second kappa shape index (κ2) is 7.30. The van der Waals surface area contributed by atoms with Gasteiger partial charge in [-0.1, -0.05) is 30.3 Å². The lowest BCUT2D eigenvalue weighted by Crippen LogP contribution is -2.48. The molecule has 1 aromatic heterocycles. The number of amides is 1. The van der Waals surface area contributed by atoms with E-state index in [1.807, 2.05) is 36.4 Å². The van der Waals surface area contributed by atoms with Gasteiger partial charge in [-0.2, -0.15) is 0 Å². The monoisotopic (exact) mass is 400 g/mol. The summed E-state index contributed by atoms with van der Waals surface area (Å²) in [6.45, 7) is 0.953. The smallest absolute Gasteiger partial charge is 0.326 e. The molecule has 1 amide bonds. The van der Waals surface area contributed by atoms with E-state index in [-0.39, 0.29) is 12.5 Å². The minimum atomic E-state index is -0.999. The molecule has 1 atom stereocenters. The van der Waals surface area contributed by atoms with Gasteiger partial charge in [0.05, 0.1) is 12.2 Å². The molecule has 6 heteroatoms. The predicted molar refractivity (Wildman–Crippen MR) is 110 cm³/mol. The number of aliphatic carboxylic acids is 1. The van der Waals surface area contributed by atoms with Gasteiger partial charge in [0.2, 0.25) is 0 Å². The van der Waals surface area contributed by atoms with Crippen molar-refractivity contribution in [2.75, 3.05) is 6.61 Å². The Kier molecular flexibility index (Phi) is 4.47. The van der Waals surface area contributed by atoms with Gasteiger partial charge in [-0.25, -0.2) is 4.79 Å². The first kappa shape index (κ1) is 18.4. The van der Waals surface area contributed by atoms with Crippen molar-refractivity contribution in [3.8, 4) is 16.9 Å². The number of nitrogens with zero attached hydrogens (tertiary/aromatic N) is 2. The van der Waals surface area contributed by atoms with Crippen LogP contribution in [0.4, 0.5) is 0 Å². The molecule has 30 heavy (non-hydrogen) atoms. The Balaban J connectivity index is 1.47. The minimum Gasteiger partial charge on any atom is -0.493 e. The fourth-order valence-corrected chi connectivity index (χ4v) is 4.20. The second-order valence-electron chi connectivity index (χ2n) is 7.64. The van der Waals surface area contributed by atoms with Gasteiger partial charge in [0.1, 0.15) is 11.8 Å². The van der Waals surface area contributed by atoms with Crippen molar-refractivity contribution in [3.05, 3.63) is 83.2 Å². The van der Waals surface area contributed by atoms with Gasteiger partial charge >= 0.3 is 5.97 Å². The van der Waals surface area contributed by atoms with E-state index in [0.717, 1.165) is 40.0 Å². The number of carbonyl (C=O) groups excluding carboxylic acids is 1. The van der Waals surface area contributed by atoms with Crippen molar-refractivity contribution < 1.29 is 19.4 Å². The average molecular weight is 400 g/mol. The predicted octanol–water partition coefficient (Wildman–Crippen LogP) is 3.34. The molecule has 3 heterocycles. The maximum Gasteiger partial charge on any atom is 0.326 e. The molecule has 1 N–H and O–H groups in total. The summed E-state index contributed by atoms with van der Waals surface area (Å²) in [5.74, 6) is -0.424. The summed E-state index contributed by atoms with van der Waals surface area (Å²) >= 11 is 0. The highest BCUT2D eigenvalue weighted by Gasteiger charge is 2.35. The molecule has 150 valence electrons. The zero-order chi connectivity index (χ0) is 20.7. The normalized spacial score (nSPS) is 17.1. The van der Waals surface area contributed by atoms with Crippen LogP contribution < -0.4 is 4.74 Å². The number of fused-ring (bicyclic) bond motifs is 2. The molecular weight excluding hydrogens is 380 g/mol. The van der Waals surface area contributed by atoms with Crippen LogP contribution >= 0.6 is 0 Å². The molecule has 0 bridgehead atoms. The Bertz CT molecular complexity index is 1160. The number of hydrogen-bond donors (Lipinski definition) is 1. The fourth-order valence-electron chi connectivity index (χ4n) is 4.20. The number of carbonyl (C=O) groups is 2. The summed E-state index contributed by atoms with van der Waals surface area (Å²) in [7, 11) is 0. The van der Waals surface area contributed by atoms with Crippen LogP contribution in [0.1, 0.15) is 27.0 Å². The third kappa shape index (κ3) is 3.20. The third-order valence-corrected chi connectivity index (χ3v) is 5.80. The van der Waals surface area contributed by atoms with E-state index in [9.17, 15) is 14.7 Å². The Morgan fingerprint density at radius 1 is 1.00 bits per heavy atom. The molecule has 0 fully saturated rings. The average Bonchev–Trinajstić information content (AvgIpc) is 3.25. The van der Waals surface area contributed by atoms with E-state index < -0.39 is 12.0 Å². The van der Waals surface area contributed by atoms with Gasteiger partial charge < -0.3 is 14.7 Å². The molecule has 2 aliphatic heterocycles. The third-order valence-electron chi connectivity index (χ3n) is 5.80. The van der Waals surface area contributed by atoms with Crippen molar-refractivity contribution >= 4 is 11.9 Å². The zero-order valence-corrected chi connectivity index (χ0v) is 16.2. The van der Waals surface area contributed by atoms with Crippen molar-refractivity contribution in [2.24, 2.45) is 0 Å². The first-order valence-electron chi connectivity index (χ1n) is 9.92. The summed E-state index contributed by atoms with van der Waals surface area (Å²) in [5.41, 5.74) is 5.25. The van der Waals surface area contributed by atoms with Crippen LogP contribution in [-0.2, 0) is 24.2 Å². The Labute approximate surface area is 173 Å². The van der Waals surface area contributed by atoms with Crippen LogP contribution in [-0.4, -0.2) is 39.5 Å². The molecule has 3 aromatic rings. The molecule has 5 rings (SSSR count). The van der Waals surface area contributed by atoms with Gasteiger partial charge in [0.25, 0.3) is 5.91 Å². The minimum absolute atomic E-state index is 0.270. The van der Waals surface area contributed by atoms with Crippen LogP contribution in [0, 0.1) is 0 Å². The highest BCUT2D eigenvalue weighted by Crippen LogP contribution is 2.31. The zero-order valence-electron chi connectivity index (χ0n) is 16.2. The lowest BCUT2D eigenvalue weighted by atomic mass is 9.93. The molecular formula is C24H20N2O4. The van der Waals surface area contributed by atoms with Crippen molar-refractivity contribution in [1.29, 1.82) is 0 Å². The molecule has 0 saturated heterocycles. The van der Waals surface area contributed by atoms with Crippen LogP contribution in [0.5, 0.6) is 5.75 Å². The number of pyridine rings is 1. The number of rotatable bonds is 3. The first-order chi connectivity index (χ1) is 14.6. The molecule has 2 aliphatic rings. The summed E-state index contributed by atoms with van der Waals surface area (Å²) < 4.78 is 5.56. The molecule has 0 saturated carbocycles. The summed E-state index contributed by atoms with van der Waals surface area (Å²) in [5, 5.41) is 9.73. The number of aromatic nitrogens is 1. The van der Waals surface area contributed by atoms with Crippen molar-refractivity contribution in [3.63, 3.8) is 0 Å². The molecule has 6 nitrogen and oxygen atoms in total. The highest BCUT2D eigenvalue weighted by atomic mass is 16.5. The summed E-state index contributed by atoms with van der Waals surface area (Å²) in [6, 6.07) is 14.5. The van der Waals surface area contributed by atoms with Crippen LogP contribution in [0.15, 0.2) is 60.9 Å². The topological polar surface area (TPSA) is 79.7 Å². The standard InChI is InChI=1S/C24H20N2O4/c27-23(26-14-18-4-2-1-3-15(18)11-21(26)24(28)29)20-10-19(12-25-13-20)16-5-6-22-17(9-16)7-8-30-22/h1-6,9-10,12-13,21H,7-8,11,14H2,(H,28,29). The number of hydrogen-bond acceptors (Lipinski definition) is 4. The molecule has 0 aliphatic carbocycles. The molecule has 1 unspecified atom stereocenters. The van der Waals surface area contributed by atoms with E-state index >= 15 is 0 Å². The molecule has 2 aromatic carbocycles. The molecule has 0 spiro atoms. The Morgan fingerprint density at radius 3 is 2.67 bits per heavy atom. The van der Waals surface area contributed by atoms with E-state index in [1.165, 1.54) is 11.1 Å². The van der Waals surface area contributed by atoms with Crippen molar-refractivity contribution in [2.45, 2.75) is 25.4 Å². The van der Waals surface area contributed by atoms with Gasteiger partial charge in [-0.3, -0.25) is 9.78 Å².